The highest BCUT2D eigenvalue weighted by Gasteiger charge is 2.30. The standard InChI is InChI=1S/C20H20Cl2N2O5S/c21-16-11-17(22)18(30(27,28)24-14-6-7-14)10-15(16)20(26)29-12-19(25)23-9-8-13-4-2-1-3-5-13/h1-5,10-11,14,24H,6-9,12H2,(H,23,25). The van der Waals surface area contributed by atoms with Gasteiger partial charge in [0.05, 0.1) is 15.6 Å². The van der Waals surface area contributed by atoms with E-state index in [2.05, 4.69) is 10.0 Å². The fraction of sp³-hybridized carbons (Fsp3) is 0.300. The highest BCUT2D eigenvalue weighted by atomic mass is 35.5. The lowest BCUT2D eigenvalue weighted by atomic mass is 10.1. The van der Waals surface area contributed by atoms with Crippen LogP contribution in [0.15, 0.2) is 47.4 Å². The van der Waals surface area contributed by atoms with Crippen LogP contribution < -0.4 is 10.0 Å². The number of nitrogens with one attached hydrogen (secondary N) is 2. The van der Waals surface area contributed by atoms with E-state index in [1.165, 1.54) is 6.07 Å². The molecule has 0 heterocycles. The molecule has 1 fully saturated rings. The molecule has 30 heavy (non-hydrogen) atoms. The highest BCUT2D eigenvalue weighted by Crippen LogP contribution is 2.31. The number of carbonyl (C=O) groups is 2. The summed E-state index contributed by atoms with van der Waals surface area (Å²) in [6.07, 6.45) is 2.14. The van der Waals surface area contributed by atoms with Gasteiger partial charge in [0.15, 0.2) is 6.61 Å². The van der Waals surface area contributed by atoms with E-state index in [0.717, 1.165) is 24.5 Å². The van der Waals surface area contributed by atoms with Gasteiger partial charge in [-0.1, -0.05) is 53.5 Å². The van der Waals surface area contributed by atoms with E-state index in [0.29, 0.717) is 13.0 Å². The molecule has 160 valence electrons. The maximum Gasteiger partial charge on any atom is 0.340 e. The topological polar surface area (TPSA) is 102 Å². The summed E-state index contributed by atoms with van der Waals surface area (Å²) < 4.78 is 32.3. The van der Waals surface area contributed by atoms with Crippen molar-refractivity contribution in [2.24, 2.45) is 0 Å². The van der Waals surface area contributed by atoms with Crippen molar-refractivity contribution >= 4 is 45.1 Å². The van der Waals surface area contributed by atoms with Gasteiger partial charge in [0.2, 0.25) is 10.0 Å². The SMILES string of the molecule is O=C(COC(=O)c1cc(S(=O)(=O)NC2CC2)c(Cl)cc1Cl)NCCc1ccccc1. The normalized spacial score (nSPS) is 13.7. The first-order valence-corrected chi connectivity index (χ1v) is 11.5. The zero-order valence-electron chi connectivity index (χ0n) is 15.9. The Kier molecular flexibility index (Phi) is 7.36. The minimum absolute atomic E-state index is 0.0696. The van der Waals surface area contributed by atoms with Gasteiger partial charge in [-0.25, -0.2) is 17.9 Å². The van der Waals surface area contributed by atoms with Crippen molar-refractivity contribution in [1.29, 1.82) is 0 Å². The fourth-order valence-corrected chi connectivity index (χ4v) is 4.78. The number of amides is 1. The maximum absolute atomic E-state index is 12.4. The molecule has 1 saturated carbocycles. The van der Waals surface area contributed by atoms with E-state index in [1.54, 1.807) is 0 Å². The minimum Gasteiger partial charge on any atom is -0.452 e. The number of ether oxygens (including phenoxy) is 1. The molecular weight excluding hydrogens is 451 g/mol. The number of hydrogen-bond donors (Lipinski definition) is 2. The molecule has 7 nitrogen and oxygen atoms in total. The summed E-state index contributed by atoms with van der Waals surface area (Å²) in [6.45, 7) is -0.133. The van der Waals surface area contributed by atoms with Crippen molar-refractivity contribution in [2.45, 2.75) is 30.2 Å². The Balaban J connectivity index is 1.58. The number of rotatable bonds is 9. The van der Waals surface area contributed by atoms with Crippen molar-refractivity contribution in [3.8, 4) is 0 Å². The third kappa shape index (κ3) is 6.18. The van der Waals surface area contributed by atoms with E-state index in [1.807, 2.05) is 30.3 Å². The second-order valence-electron chi connectivity index (χ2n) is 6.82. The molecule has 2 N–H and O–H groups in total. The Morgan fingerprint density at radius 1 is 1.07 bits per heavy atom. The summed E-state index contributed by atoms with van der Waals surface area (Å²) in [7, 11) is -3.90. The number of benzene rings is 2. The van der Waals surface area contributed by atoms with E-state index in [4.69, 9.17) is 27.9 Å². The number of esters is 1. The Labute approximate surface area is 184 Å². The molecule has 0 bridgehead atoms. The summed E-state index contributed by atoms with van der Waals surface area (Å²) in [6, 6.07) is 11.7. The van der Waals surface area contributed by atoms with Crippen molar-refractivity contribution in [1.82, 2.24) is 10.0 Å². The molecule has 0 aromatic heterocycles. The Morgan fingerprint density at radius 2 is 1.77 bits per heavy atom. The highest BCUT2D eigenvalue weighted by molar-refractivity contribution is 7.89. The molecule has 0 atom stereocenters. The molecule has 0 unspecified atom stereocenters. The molecule has 2 aromatic carbocycles. The monoisotopic (exact) mass is 470 g/mol. The van der Waals surface area contributed by atoms with Crippen molar-refractivity contribution in [3.63, 3.8) is 0 Å². The van der Waals surface area contributed by atoms with Crippen LogP contribution in [-0.4, -0.2) is 39.5 Å². The quantitative estimate of drug-likeness (QED) is 0.548. The molecule has 2 aromatic rings. The number of carbonyl (C=O) groups excluding carboxylic acids is 2. The number of halogens is 2. The summed E-state index contributed by atoms with van der Waals surface area (Å²) in [5.74, 6) is -1.40. The summed E-state index contributed by atoms with van der Waals surface area (Å²) in [5, 5.41) is 2.47. The number of sulfonamides is 1. The van der Waals surface area contributed by atoms with Crippen LogP contribution >= 0.6 is 23.2 Å². The lowest BCUT2D eigenvalue weighted by Crippen LogP contribution is -2.30. The maximum atomic E-state index is 12.4. The third-order valence-electron chi connectivity index (χ3n) is 4.34. The van der Waals surface area contributed by atoms with Crippen molar-refractivity contribution in [2.75, 3.05) is 13.2 Å². The number of hydrogen-bond acceptors (Lipinski definition) is 5. The van der Waals surface area contributed by atoms with Crippen molar-refractivity contribution < 1.29 is 22.7 Å². The molecule has 0 radical (unpaired) electrons. The summed E-state index contributed by atoms with van der Waals surface area (Å²) >= 11 is 12.0. The second kappa shape index (κ2) is 9.78. The van der Waals surface area contributed by atoms with Gasteiger partial charge in [-0.2, -0.15) is 0 Å². The lowest BCUT2D eigenvalue weighted by molar-refractivity contribution is -0.124. The molecular formula is C20H20Cl2N2O5S. The lowest BCUT2D eigenvalue weighted by Gasteiger charge is -2.11. The molecule has 1 amide bonds. The van der Waals surface area contributed by atoms with Crippen LogP contribution in [0.4, 0.5) is 0 Å². The van der Waals surface area contributed by atoms with Gasteiger partial charge in [-0.3, -0.25) is 4.79 Å². The van der Waals surface area contributed by atoms with Gasteiger partial charge < -0.3 is 10.1 Å². The zero-order valence-corrected chi connectivity index (χ0v) is 18.2. The van der Waals surface area contributed by atoms with Gasteiger partial charge in [0.1, 0.15) is 4.90 Å². The first kappa shape index (κ1) is 22.6. The molecule has 0 aliphatic heterocycles. The molecule has 1 aliphatic rings. The molecule has 1 aliphatic carbocycles. The van der Waals surface area contributed by atoms with Crippen LogP contribution in [0.25, 0.3) is 0 Å². The van der Waals surface area contributed by atoms with E-state index in [-0.39, 0.29) is 26.5 Å². The van der Waals surface area contributed by atoms with Gasteiger partial charge in [-0.15, -0.1) is 0 Å². The Bertz CT molecular complexity index is 1040. The third-order valence-corrected chi connectivity index (χ3v) is 6.64. The van der Waals surface area contributed by atoms with Crippen LogP contribution in [0.5, 0.6) is 0 Å². The van der Waals surface area contributed by atoms with E-state index >= 15 is 0 Å². The van der Waals surface area contributed by atoms with Crippen molar-refractivity contribution in [3.05, 3.63) is 63.6 Å². The average Bonchev–Trinajstić information content (AvgIpc) is 3.50. The molecule has 0 spiro atoms. The fourth-order valence-electron chi connectivity index (χ4n) is 2.63. The van der Waals surface area contributed by atoms with Crippen LogP contribution in [0, 0.1) is 0 Å². The smallest absolute Gasteiger partial charge is 0.340 e. The Hall–Kier alpha value is -2.13. The van der Waals surface area contributed by atoms with Crippen LogP contribution in [0.1, 0.15) is 28.8 Å². The van der Waals surface area contributed by atoms with Gasteiger partial charge in [0, 0.05) is 12.6 Å². The van der Waals surface area contributed by atoms with Crippen LogP contribution in [-0.2, 0) is 26.0 Å². The van der Waals surface area contributed by atoms with Crippen LogP contribution in [0.2, 0.25) is 10.0 Å². The first-order chi connectivity index (χ1) is 14.3. The predicted molar refractivity (Wildman–Crippen MR) is 113 cm³/mol. The molecule has 0 saturated heterocycles. The minimum atomic E-state index is -3.90. The summed E-state index contributed by atoms with van der Waals surface area (Å²) in [5.41, 5.74) is 0.880. The van der Waals surface area contributed by atoms with Gasteiger partial charge >= 0.3 is 5.97 Å². The largest absolute Gasteiger partial charge is 0.452 e. The second-order valence-corrected chi connectivity index (χ2v) is 9.32. The van der Waals surface area contributed by atoms with Gasteiger partial charge in [-0.05, 0) is 37.0 Å². The Morgan fingerprint density at radius 3 is 2.43 bits per heavy atom. The summed E-state index contributed by atoms with van der Waals surface area (Å²) in [4.78, 5) is 24.0. The van der Waals surface area contributed by atoms with Crippen LogP contribution in [0.3, 0.4) is 0 Å². The van der Waals surface area contributed by atoms with E-state index in [9.17, 15) is 18.0 Å². The molecule has 10 heteroatoms. The van der Waals surface area contributed by atoms with E-state index < -0.39 is 28.5 Å². The average molecular weight is 471 g/mol. The predicted octanol–water partition coefficient (Wildman–Crippen LogP) is 2.95. The molecule has 3 rings (SSSR count). The van der Waals surface area contributed by atoms with Gasteiger partial charge in [0.25, 0.3) is 5.91 Å². The zero-order chi connectivity index (χ0) is 21.7. The first-order valence-electron chi connectivity index (χ1n) is 9.25.